The number of fused-ring (bicyclic) bond motifs is 1. The van der Waals surface area contributed by atoms with Gasteiger partial charge in [0.1, 0.15) is 12.1 Å². The minimum atomic E-state index is -4.14. The Hall–Kier alpha value is -2.74. The molecule has 0 saturated carbocycles. The van der Waals surface area contributed by atoms with Crippen molar-refractivity contribution in [3.05, 3.63) is 78.4 Å². The summed E-state index contributed by atoms with van der Waals surface area (Å²) in [5.41, 5.74) is 0.307. The van der Waals surface area contributed by atoms with E-state index in [2.05, 4.69) is 4.72 Å². The normalized spacial score (nSPS) is 14.0. The number of sulfonamides is 1. The quantitative estimate of drug-likeness (QED) is 0.617. The molecule has 0 bridgehead atoms. The molecule has 2 atom stereocenters. The number of benzene rings is 3. The van der Waals surface area contributed by atoms with E-state index in [4.69, 9.17) is 0 Å². The molecule has 0 aliphatic rings. The van der Waals surface area contributed by atoms with E-state index in [0.29, 0.717) is 10.9 Å². The van der Waals surface area contributed by atoms with Crippen molar-refractivity contribution in [1.82, 2.24) is 4.72 Å². The average Bonchev–Trinajstić information content (AvgIpc) is 2.65. The zero-order valence-corrected chi connectivity index (χ0v) is 14.4. The van der Waals surface area contributed by atoms with E-state index in [1.54, 1.807) is 36.4 Å². The molecule has 3 N–H and O–H groups in total. The summed E-state index contributed by atoms with van der Waals surface area (Å²) in [4.78, 5) is 11.5. The molecule has 0 aliphatic heterocycles. The van der Waals surface area contributed by atoms with Crippen LogP contribution < -0.4 is 4.72 Å². The Balaban J connectivity index is 1.93. The smallest absolute Gasteiger partial charge is 0.324 e. The van der Waals surface area contributed by atoms with E-state index in [-0.39, 0.29) is 4.90 Å². The first-order valence-corrected chi connectivity index (χ1v) is 9.34. The van der Waals surface area contributed by atoms with Gasteiger partial charge in [-0.25, -0.2) is 8.42 Å². The summed E-state index contributed by atoms with van der Waals surface area (Å²) >= 11 is 0. The van der Waals surface area contributed by atoms with E-state index in [1.807, 2.05) is 12.1 Å². The van der Waals surface area contributed by atoms with Crippen LogP contribution in [0.5, 0.6) is 0 Å². The van der Waals surface area contributed by atoms with Crippen LogP contribution in [0.1, 0.15) is 11.7 Å². The fourth-order valence-electron chi connectivity index (χ4n) is 2.66. The van der Waals surface area contributed by atoms with Gasteiger partial charge in [-0.15, -0.1) is 0 Å². The number of hydrogen-bond donors (Lipinski definition) is 3. The van der Waals surface area contributed by atoms with Crippen molar-refractivity contribution >= 4 is 26.8 Å². The number of nitrogens with one attached hydrogen (secondary N) is 1. The zero-order valence-electron chi connectivity index (χ0n) is 13.6. The van der Waals surface area contributed by atoms with Gasteiger partial charge >= 0.3 is 5.97 Å². The largest absolute Gasteiger partial charge is 0.480 e. The lowest BCUT2D eigenvalue weighted by molar-refractivity contribution is -0.141. The Labute approximate surface area is 150 Å². The van der Waals surface area contributed by atoms with E-state index in [1.165, 1.54) is 24.3 Å². The van der Waals surface area contributed by atoms with Crippen LogP contribution in [-0.4, -0.2) is 30.6 Å². The van der Waals surface area contributed by atoms with Crippen molar-refractivity contribution in [2.45, 2.75) is 17.0 Å². The number of carbonyl (C=O) groups is 1. The highest BCUT2D eigenvalue weighted by molar-refractivity contribution is 7.89. The molecule has 0 heterocycles. The molecular formula is C19H17NO5S. The second-order valence-corrected chi connectivity index (χ2v) is 7.52. The molecule has 0 radical (unpaired) electrons. The molecule has 0 unspecified atom stereocenters. The highest BCUT2D eigenvalue weighted by Gasteiger charge is 2.32. The molecule has 0 saturated heterocycles. The van der Waals surface area contributed by atoms with Crippen LogP contribution in [0, 0.1) is 0 Å². The maximum Gasteiger partial charge on any atom is 0.324 e. The fraction of sp³-hybridized carbons (Fsp3) is 0.105. The number of carboxylic acids is 1. The SMILES string of the molecule is O=C(O)[C@H](NS(=O)(=O)c1ccc2ccccc2c1)[C@H](O)c1ccccc1. The van der Waals surface area contributed by atoms with Crippen LogP contribution >= 0.6 is 0 Å². The van der Waals surface area contributed by atoms with Gasteiger partial charge in [0.05, 0.1) is 4.90 Å². The van der Waals surface area contributed by atoms with Gasteiger partial charge in [-0.2, -0.15) is 4.72 Å². The van der Waals surface area contributed by atoms with Crippen LogP contribution in [0.4, 0.5) is 0 Å². The topological polar surface area (TPSA) is 104 Å². The maximum atomic E-state index is 12.6. The molecule has 26 heavy (non-hydrogen) atoms. The number of carboxylic acid groups (broad SMARTS) is 1. The van der Waals surface area contributed by atoms with Crippen LogP contribution in [-0.2, 0) is 14.8 Å². The Bertz CT molecular complexity index is 1030. The molecule has 134 valence electrons. The number of aliphatic hydroxyl groups excluding tert-OH is 1. The molecule has 6 nitrogen and oxygen atoms in total. The standard InChI is InChI=1S/C19H17NO5S/c21-18(14-7-2-1-3-8-14)17(19(22)23)20-26(24,25)16-11-10-13-6-4-5-9-15(13)12-16/h1-12,17-18,20-21H,(H,22,23)/t17-,18-/m1/s1. The second kappa shape index (κ2) is 7.25. The molecule has 0 aliphatic carbocycles. The van der Waals surface area contributed by atoms with Gasteiger partial charge in [-0.05, 0) is 28.5 Å². The molecule has 3 aromatic rings. The van der Waals surface area contributed by atoms with Crippen LogP contribution in [0.25, 0.3) is 10.8 Å². The van der Waals surface area contributed by atoms with Crippen molar-refractivity contribution in [1.29, 1.82) is 0 Å². The molecule has 0 spiro atoms. The summed E-state index contributed by atoms with van der Waals surface area (Å²) in [7, 11) is -4.14. The van der Waals surface area contributed by atoms with E-state index in [0.717, 1.165) is 5.39 Å². The Morgan fingerprint density at radius 3 is 2.15 bits per heavy atom. The third-order valence-electron chi connectivity index (χ3n) is 4.04. The average molecular weight is 371 g/mol. The lowest BCUT2D eigenvalue weighted by Gasteiger charge is -2.21. The highest BCUT2D eigenvalue weighted by atomic mass is 32.2. The van der Waals surface area contributed by atoms with Crippen molar-refractivity contribution < 1.29 is 23.4 Å². The minimum Gasteiger partial charge on any atom is -0.480 e. The van der Waals surface area contributed by atoms with Gasteiger partial charge in [0.25, 0.3) is 0 Å². The molecule has 0 aromatic heterocycles. The molecule has 3 rings (SSSR count). The third-order valence-corrected chi connectivity index (χ3v) is 5.48. The summed E-state index contributed by atoms with van der Waals surface area (Å²) in [6, 6.07) is 18.1. The first kappa shape index (κ1) is 18.1. The minimum absolute atomic E-state index is 0.0669. The summed E-state index contributed by atoms with van der Waals surface area (Å²) in [6.07, 6.45) is -1.52. The zero-order chi connectivity index (χ0) is 18.7. The van der Waals surface area contributed by atoms with Crippen molar-refractivity contribution in [3.8, 4) is 0 Å². The fourth-order valence-corrected chi connectivity index (χ4v) is 3.89. The number of aliphatic carboxylic acids is 1. The Morgan fingerprint density at radius 2 is 1.50 bits per heavy atom. The van der Waals surface area contributed by atoms with E-state index >= 15 is 0 Å². The summed E-state index contributed by atoms with van der Waals surface area (Å²) in [6.45, 7) is 0. The number of rotatable bonds is 6. The molecule has 0 amide bonds. The van der Waals surface area contributed by atoms with Gasteiger partial charge in [-0.1, -0.05) is 60.7 Å². The molecular weight excluding hydrogens is 354 g/mol. The molecule has 0 fully saturated rings. The maximum absolute atomic E-state index is 12.6. The van der Waals surface area contributed by atoms with Crippen LogP contribution in [0.2, 0.25) is 0 Å². The molecule has 7 heteroatoms. The first-order valence-electron chi connectivity index (χ1n) is 7.85. The van der Waals surface area contributed by atoms with Crippen LogP contribution in [0.3, 0.4) is 0 Å². The number of aliphatic hydroxyl groups is 1. The van der Waals surface area contributed by atoms with Crippen LogP contribution in [0.15, 0.2) is 77.7 Å². The van der Waals surface area contributed by atoms with Gasteiger partial charge < -0.3 is 10.2 Å². The van der Waals surface area contributed by atoms with Gasteiger partial charge in [0.2, 0.25) is 10.0 Å². The second-order valence-electron chi connectivity index (χ2n) is 5.80. The number of hydrogen-bond acceptors (Lipinski definition) is 4. The summed E-state index contributed by atoms with van der Waals surface area (Å²) < 4.78 is 27.4. The van der Waals surface area contributed by atoms with Crippen molar-refractivity contribution in [2.24, 2.45) is 0 Å². The van der Waals surface area contributed by atoms with Gasteiger partial charge in [-0.3, -0.25) is 4.79 Å². The van der Waals surface area contributed by atoms with Gasteiger partial charge in [0, 0.05) is 0 Å². The lowest BCUT2D eigenvalue weighted by Crippen LogP contribution is -2.44. The third kappa shape index (κ3) is 3.75. The summed E-state index contributed by atoms with van der Waals surface area (Å²) in [5.74, 6) is -1.47. The monoisotopic (exact) mass is 371 g/mol. The Kier molecular flexibility index (Phi) is 5.03. The Morgan fingerprint density at radius 1 is 0.885 bits per heavy atom. The van der Waals surface area contributed by atoms with E-state index in [9.17, 15) is 23.4 Å². The molecule has 3 aromatic carbocycles. The van der Waals surface area contributed by atoms with Gasteiger partial charge in [0.15, 0.2) is 0 Å². The lowest BCUT2D eigenvalue weighted by atomic mass is 10.0. The predicted molar refractivity (Wildman–Crippen MR) is 97.1 cm³/mol. The highest BCUT2D eigenvalue weighted by Crippen LogP contribution is 2.22. The summed E-state index contributed by atoms with van der Waals surface area (Å²) in [5, 5.41) is 21.3. The first-order chi connectivity index (χ1) is 12.4. The van der Waals surface area contributed by atoms with Crippen molar-refractivity contribution in [2.75, 3.05) is 0 Å². The van der Waals surface area contributed by atoms with Crippen molar-refractivity contribution in [3.63, 3.8) is 0 Å². The van der Waals surface area contributed by atoms with E-state index < -0.39 is 28.1 Å². The predicted octanol–water partition coefficient (Wildman–Crippen LogP) is 2.30.